The van der Waals surface area contributed by atoms with Crippen molar-refractivity contribution in [2.24, 2.45) is 11.8 Å². The van der Waals surface area contributed by atoms with Gasteiger partial charge in [-0.15, -0.1) is 0 Å². The number of pyridine rings is 1. The van der Waals surface area contributed by atoms with Gasteiger partial charge in [0.15, 0.2) is 0 Å². The minimum Gasteiger partial charge on any atom is -0.352 e. The fourth-order valence-electron chi connectivity index (χ4n) is 1.92. The van der Waals surface area contributed by atoms with Gasteiger partial charge in [0.25, 0.3) is 5.91 Å². The lowest BCUT2D eigenvalue weighted by molar-refractivity contribution is 0.0946. The molecule has 0 aliphatic rings. The maximum Gasteiger partial charge on any atom is 0.252 e. The van der Waals surface area contributed by atoms with Crippen molar-refractivity contribution < 1.29 is 4.79 Å². The van der Waals surface area contributed by atoms with Crippen LogP contribution >= 0.6 is 11.6 Å². The monoisotopic (exact) mass is 290 g/mol. The van der Waals surface area contributed by atoms with Gasteiger partial charge >= 0.3 is 0 Å². The Labute approximate surface area is 124 Å². The Kier molecular flexibility index (Phi) is 4.61. The standard InChI is InChI=1S/C16H19ClN2O/c1-10(2)11(3)9-18-16(20)13-8-15(17)19-14-7-5-4-6-12(13)14/h4-8,10-11H,9H2,1-3H3,(H,18,20). The third kappa shape index (κ3) is 3.28. The molecule has 1 amide bonds. The summed E-state index contributed by atoms with van der Waals surface area (Å²) in [6.45, 7) is 7.08. The van der Waals surface area contributed by atoms with E-state index in [2.05, 4.69) is 31.1 Å². The second-order valence-electron chi connectivity index (χ2n) is 5.44. The molecule has 0 fully saturated rings. The van der Waals surface area contributed by atoms with Crippen LogP contribution in [0.5, 0.6) is 0 Å². The Morgan fingerprint density at radius 2 is 2.00 bits per heavy atom. The van der Waals surface area contributed by atoms with Crippen molar-refractivity contribution in [1.82, 2.24) is 10.3 Å². The summed E-state index contributed by atoms with van der Waals surface area (Å²) >= 11 is 5.99. The molecule has 1 aromatic carbocycles. The molecule has 2 aromatic rings. The van der Waals surface area contributed by atoms with Crippen molar-refractivity contribution in [3.05, 3.63) is 41.0 Å². The van der Waals surface area contributed by atoms with Crippen molar-refractivity contribution in [2.75, 3.05) is 6.54 Å². The van der Waals surface area contributed by atoms with Gasteiger partial charge in [-0.25, -0.2) is 4.98 Å². The highest BCUT2D eigenvalue weighted by molar-refractivity contribution is 6.30. The molecular weight excluding hydrogens is 272 g/mol. The van der Waals surface area contributed by atoms with Gasteiger partial charge in [-0.1, -0.05) is 50.6 Å². The summed E-state index contributed by atoms with van der Waals surface area (Å²) in [4.78, 5) is 16.6. The molecule has 0 saturated heterocycles. The quantitative estimate of drug-likeness (QED) is 0.868. The zero-order valence-corrected chi connectivity index (χ0v) is 12.7. The van der Waals surface area contributed by atoms with Crippen LogP contribution in [0.4, 0.5) is 0 Å². The lowest BCUT2D eigenvalue weighted by Gasteiger charge is -2.16. The largest absolute Gasteiger partial charge is 0.352 e. The zero-order chi connectivity index (χ0) is 14.7. The Morgan fingerprint density at radius 3 is 2.70 bits per heavy atom. The predicted molar refractivity (Wildman–Crippen MR) is 83.1 cm³/mol. The number of aromatic nitrogens is 1. The maximum atomic E-state index is 12.3. The molecule has 2 rings (SSSR count). The zero-order valence-electron chi connectivity index (χ0n) is 12.0. The predicted octanol–water partition coefficient (Wildman–Crippen LogP) is 3.91. The van der Waals surface area contributed by atoms with E-state index in [-0.39, 0.29) is 5.91 Å². The Morgan fingerprint density at radius 1 is 1.30 bits per heavy atom. The van der Waals surface area contributed by atoms with E-state index < -0.39 is 0 Å². The minimum atomic E-state index is -0.0991. The molecular formula is C16H19ClN2O. The summed E-state index contributed by atoms with van der Waals surface area (Å²) in [5.41, 5.74) is 1.32. The molecule has 1 N–H and O–H groups in total. The molecule has 1 heterocycles. The van der Waals surface area contributed by atoms with Gasteiger partial charge in [0.1, 0.15) is 5.15 Å². The summed E-state index contributed by atoms with van der Waals surface area (Å²) in [5, 5.41) is 4.14. The molecule has 0 radical (unpaired) electrons. The first-order chi connectivity index (χ1) is 9.49. The van der Waals surface area contributed by atoms with Crippen molar-refractivity contribution >= 4 is 28.4 Å². The number of amides is 1. The number of carbonyl (C=O) groups excluding carboxylic acids is 1. The normalized spacial score (nSPS) is 12.7. The van der Waals surface area contributed by atoms with E-state index in [1.165, 1.54) is 0 Å². The summed E-state index contributed by atoms with van der Waals surface area (Å²) in [6, 6.07) is 9.15. The van der Waals surface area contributed by atoms with E-state index in [9.17, 15) is 4.79 Å². The van der Waals surface area contributed by atoms with Crippen molar-refractivity contribution in [2.45, 2.75) is 20.8 Å². The smallest absolute Gasteiger partial charge is 0.252 e. The van der Waals surface area contributed by atoms with Crippen LogP contribution < -0.4 is 5.32 Å². The van der Waals surface area contributed by atoms with E-state index in [1.807, 2.05) is 24.3 Å². The third-order valence-electron chi connectivity index (χ3n) is 3.65. The highest BCUT2D eigenvalue weighted by Crippen LogP contribution is 2.20. The second-order valence-corrected chi connectivity index (χ2v) is 5.83. The average Bonchev–Trinajstić information content (AvgIpc) is 2.43. The van der Waals surface area contributed by atoms with E-state index >= 15 is 0 Å². The Balaban J connectivity index is 2.26. The molecule has 0 aliphatic heterocycles. The third-order valence-corrected chi connectivity index (χ3v) is 3.85. The van der Waals surface area contributed by atoms with Gasteiger partial charge in [-0.2, -0.15) is 0 Å². The van der Waals surface area contributed by atoms with Gasteiger partial charge < -0.3 is 5.32 Å². The molecule has 3 nitrogen and oxygen atoms in total. The second kappa shape index (κ2) is 6.23. The van der Waals surface area contributed by atoms with Crippen LogP contribution in [-0.4, -0.2) is 17.4 Å². The van der Waals surface area contributed by atoms with Gasteiger partial charge in [0.05, 0.1) is 11.1 Å². The summed E-state index contributed by atoms with van der Waals surface area (Å²) in [7, 11) is 0. The summed E-state index contributed by atoms with van der Waals surface area (Å²) < 4.78 is 0. The number of nitrogens with one attached hydrogen (secondary N) is 1. The lowest BCUT2D eigenvalue weighted by atomic mass is 9.98. The van der Waals surface area contributed by atoms with Crippen LogP contribution in [0, 0.1) is 11.8 Å². The lowest BCUT2D eigenvalue weighted by Crippen LogP contribution is -2.30. The van der Waals surface area contributed by atoms with Crippen LogP contribution in [0.25, 0.3) is 10.9 Å². The van der Waals surface area contributed by atoms with Crippen LogP contribution in [0.15, 0.2) is 30.3 Å². The molecule has 0 spiro atoms. The number of para-hydroxylation sites is 1. The summed E-state index contributed by atoms with van der Waals surface area (Å²) in [6.07, 6.45) is 0. The highest BCUT2D eigenvalue weighted by Gasteiger charge is 2.14. The molecule has 106 valence electrons. The molecule has 20 heavy (non-hydrogen) atoms. The fourth-order valence-corrected chi connectivity index (χ4v) is 2.12. The van der Waals surface area contributed by atoms with Crippen molar-refractivity contribution in [1.29, 1.82) is 0 Å². The van der Waals surface area contributed by atoms with Gasteiger partial charge in [-0.05, 0) is 24.0 Å². The first kappa shape index (κ1) is 14.8. The molecule has 0 bridgehead atoms. The highest BCUT2D eigenvalue weighted by atomic mass is 35.5. The first-order valence-electron chi connectivity index (χ1n) is 6.82. The fraction of sp³-hybridized carbons (Fsp3) is 0.375. The Hall–Kier alpha value is -1.61. The minimum absolute atomic E-state index is 0.0991. The molecule has 1 atom stereocenters. The van der Waals surface area contributed by atoms with E-state index in [1.54, 1.807) is 6.07 Å². The number of hydrogen-bond acceptors (Lipinski definition) is 2. The summed E-state index contributed by atoms with van der Waals surface area (Å²) in [5.74, 6) is 0.869. The molecule has 4 heteroatoms. The average molecular weight is 291 g/mol. The number of hydrogen-bond donors (Lipinski definition) is 1. The number of benzene rings is 1. The van der Waals surface area contributed by atoms with E-state index in [0.29, 0.717) is 29.1 Å². The maximum absolute atomic E-state index is 12.3. The van der Waals surface area contributed by atoms with Crippen LogP contribution in [-0.2, 0) is 0 Å². The SMILES string of the molecule is CC(C)C(C)CNC(=O)c1cc(Cl)nc2ccccc12. The number of halogens is 1. The topological polar surface area (TPSA) is 42.0 Å². The van der Waals surface area contributed by atoms with Crippen LogP contribution in [0.3, 0.4) is 0 Å². The number of fused-ring (bicyclic) bond motifs is 1. The van der Waals surface area contributed by atoms with Crippen molar-refractivity contribution in [3.63, 3.8) is 0 Å². The number of rotatable bonds is 4. The molecule has 0 saturated carbocycles. The van der Waals surface area contributed by atoms with Gasteiger partial charge in [-0.3, -0.25) is 4.79 Å². The molecule has 1 aromatic heterocycles. The van der Waals surface area contributed by atoms with Gasteiger partial charge in [0, 0.05) is 11.9 Å². The molecule has 0 aliphatic carbocycles. The molecule has 1 unspecified atom stereocenters. The van der Waals surface area contributed by atoms with Crippen LogP contribution in [0.1, 0.15) is 31.1 Å². The van der Waals surface area contributed by atoms with E-state index in [0.717, 1.165) is 10.9 Å². The number of nitrogens with zero attached hydrogens (tertiary/aromatic N) is 1. The van der Waals surface area contributed by atoms with Crippen molar-refractivity contribution in [3.8, 4) is 0 Å². The Bertz CT molecular complexity index is 625. The van der Waals surface area contributed by atoms with Gasteiger partial charge in [0.2, 0.25) is 0 Å². The van der Waals surface area contributed by atoms with E-state index in [4.69, 9.17) is 11.6 Å². The first-order valence-corrected chi connectivity index (χ1v) is 7.20. The number of carbonyl (C=O) groups is 1. The van der Waals surface area contributed by atoms with Crippen LogP contribution in [0.2, 0.25) is 5.15 Å².